The Labute approximate surface area is 135 Å². The van der Waals surface area contributed by atoms with E-state index < -0.39 is 11.0 Å². The zero-order valence-corrected chi connectivity index (χ0v) is 12.1. The van der Waals surface area contributed by atoms with Crippen LogP contribution in [-0.2, 0) is 9.53 Å². The Morgan fingerprint density at radius 2 is 1.92 bits per heavy atom. The number of ketones is 1. The molecule has 2 aromatic rings. The highest BCUT2D eigenvalue weighted by Gasteiger charge is 2.40. The molecule has 2 aliphatic heterocycles. The Morgan fingerprint density at radius 3 is 2.67 bits per heavy atom. The maximum absolute atomic E-state index is 12.6. The standard InChI is InChI=1S/C16H11N3O5/c20-12-4-2-1-3-9(12)15-14(21)13-16(24-15)18-11-7-8(19(22)23)5-6-10(11)17-13/h1-7,15,17-18,20H/t15-/m0/s1. The number of rotatable bonds is 2. The topological polar surface area (TPSA) is 114 Å². The van der Waals surface area contributed by atoms with Crippen molar-refractivity contribution in [3.8, 4) is 5.75 Å². The number of nitro benzene ring substituents is 1. The molecule has 8 nitrogen and oxygen atoms in total. The summed E-state index contributed by atoms with van der Waals surface area (Å²) in [6, 6.07) is 10.6. The van der Waals surface area contributed by atoms with E-state index in [0.717, 1.165) is 0 Å². The second-order valence-corrected chi connectivity index (χ2v) is 5.36. The summed E-state index contributed by atoms with van der Waals surface area (Å²) in [7, 11) is 0. The molecule has 0 spiro atoms. The smallest absolute Gasteiger partial charge is 0.271 e. The van der Waals surface area contributed by atoms with Gasteiger partial charge in [-0.1, -0.05) is 18.2 Å². The van der Waals surface area contributed by atoms with Crippen LogP contribution in [0.4, 0.5) is 17.1 Å². The summed E-state index contributed by atoms with van der Waals surface area (Å²) < 4.78 is 5.63. The average Bonchev–Trinajstić information content (AvgIpc) is 2.89. The highest BCUT2D eigenvalue weighted by atomic mass is 16.6. The van der Waals surface area contributed by atoms with Crippen LogP contribution in [0, 0.1) is 10.1 Å². The van der Waals surface area contributed by atoms with Crippen LogP contribution in [0.3, 0.4) is 0 Å². The molecule has 3 N–H and O–H groups in total. The number of carbonyl (C=O) groups excluding carboxylic acids is 1. The normalized spacial score (nSPS) is 18.2. The van der Waals surface area contributed by atoms with Crippen molar-refractivity contribution >= 4 is 22.8 Å². The van der Waals surface area contributed by atoms with Gasteiger partial charge in [-0.25, -0.2) is 0 Å². The van der Waals surface area contributed by atoms with Crippen LogP contribution >= 0.6 is 0 Å². The summed E-state index contributed by atoms with van der Waals surface area (Å²) in [5.41, 5.74) is 1.48. The quantitative estimate of drug-likeness (QED) is 0.574. The van der Waals surface area contributed by atoms with E-state index in [-0.39, 0.29) is 28.8 Å². The fourth-order valence-electron chi connectivity index (χ4n) is 2.71. The van der Waals surface area contributed by atoms with Gasteiger partial charge in [0.25, 0.3) is 5.69 Å². The molecule has 4 rings (SSSR count). The highest BCUT2D eigenvalue weighted by Crippen LogP contribution is 2.42. The molecule has 0 aliphatic carbocycles. The van der Waals surface area contributed by atoms with Gasteiger partial charge in [0.1, 0.15) is 11.4 Å². The Kier molecular flexibility index (Phi) is 2.92. The second kappa shape index (κ2) is 4.98. The highest BCUT2D eigenvalue weighted by molar-refractivity contribution is 6.06. The van der Waals surface area contributed by atoms with E-state index in [0.29, 0.717) is 16.9 Å². The first-order valence-corrected chi connectivity index (χ1v) is 7.10. The van der Waals surface area contributed by atoms with Crippen molar-refractivity contribution in [1.29, 1.82) is 0 Å². The van der Waals surface area contributed by atoms with Gasteiger partial charge >= 0.3 is 0 Å². The van der Waals surface area contributed by atoms with E-state index in [1.165, 1.54) is 24.3 Å². The summed E-state index contributed by atoms with van der Waals surface area (Å²) in [6.07, 6.45) is -0.972. The largest absolute Gasteiger partial charge is 0.508 e. The number of benzene rings is 2. The lowest BCUT2D eigenvalue weighted by molar-refractivity contribution is -0.384. The van der Waals surface area contributed by atoms with E-state index in [1.807, 2.05) is 0 Å². The molecule has 8 heteroatoms. The monoisotopic (exact) mass is 325 g/mol. The minimum Gasteiger partial charge on any atom is -0.508 e. The van der Waals surface area contributed by atoms with Gasteiger partial charge in [0.15, 0.2) is 6.10 Å². The van der Waals surface area contributed by atoms with E-state index in [1.54, 1.807) is 18.2 Å². The molecule has 0 aromatic heterocycles. The number of Topliss-reactive ketones (excluding diaryl/α,β-unsaturated/α-hetero) is 1. The van der Waals surface area contributed by atoms with Gasteiger partial charge < -0.3 is 20.5 Å². The number of para-hydroxylation sites is 1. The minimum atomic E-state index is -0.972. The summed E-state index contributed by atoms with van der Waals surface area (Å²) >= 11 is 0. The first kappa shape index (κ1) is 14.1. The third-order valence-corrected chi connectivity index (χ3v) is 3.89. The number of nitro groups is 1. The third-order valence-electron chi connectivity index (χ3n) is 3.89. The first-order chi connectivity index (χ1) is 11.5. The van der Waals surface area contributed by atoms with Crippen LogP contribution in [0.2, 0.25) is 0 Å². The van der Waals surface area contributed by atoms with Crippen LogP contribution in [0.15, 0.2) is 54.0 Å². The number of aromatic hydroxyl groups is 1. The third kappa shape index (κ3) is 2.04. The van der Waals surface area contributed by atoms with E-state index in [4.69, 9.17) is 4.74 Å². The van der Waals surface area contributed by atoms with Gasteiger partial charge in [0.2, 0.25) is 11.7 Å². The molecule has 24 heavy (non-hydrogen) atoms. The molecular weight excluding hydrogens is 314 g/mol. The van der Waals surface area contributed by atoms with Crippen molar-refractivity contribution in [3.63, 3.8) is 0 Å². The zero-order chi connectivity index (χ0) is 16.8. The van der Waals surface area contributed by atoms with Gasteiger partial charge in [0.05, 0.1) is 16.3 Å². The van der Waals surface area contributed by atoms with Crippen molar-refractivity contribution < 1.29 is 19.6 Å². The summed E-state index contributed by atoms with van der Waals surface area (Å²) in [5, 5.41) is 26.6. The number of hydrogen-bond acceptors (Lipinski definition) is 7. The van der Waals surface area contributed by atoms with Crippen LogP contribution in [0.25, 0.3) is 0 Å². The number of phenolic OH excluding ortho intramolecular Hbond substituents is 1. The van der Waals surface area contributed by atoms with Crippen LogP contribution in [0.1, 0.15) is 11.7 Å². The predicted octanol–water partition coefficient (Wildman–Crippen LogP) is 2.65. The van der Waals surface area contributed by atoms with Crippen LogP contribution in [-0.4, -0.2) is 15.8 Å². The fourth-order valence-corrected chi connectivity index (χ4v) is 2.71. The lowest BCUT2D eigenvalue weighted by Gasteiger charge is -2.19. The Morgan fingerprint density at radius 1 is 1.12 bits per heavy atom. The molecule has 0 radical (unpaired) electrons. The maximum Gasteiger partial charge on any atom is 0.271 e. The number of nitrogens with one attached hydrogen (secondary N) is 2. The van der Waals surface area contributed by atoms with Crippen molar-refractivity contribution in [2.24, 2.45) is 0 Å². The van der Waals surface area contributed by atoms with Gasteiger partial charge in [0, 0.05) is 17.7 Å². The Hall–Kier alpha value is -3.55. The maximum atomic E-state index is 12.6. The number of non-ortho nitro benzene ring substituents is 1. The Bertz CT molecular complexity index is 922. The van der Waals surface area contributed by atoms with Gasteiger partial charge in [-0.2, -0.15) is 0 Å². The number of ether oxygens (including phenoxy) is 1. The number of hydrogen-bond donors (Lipinski definition) is 3. The average molecular weight is 325 g/mol. The first-order valence-electron chi connectivity index (χ1n) is 7.10. The summed E-state index contributed by atoms with van der Waals surface area (Å²) in [6.45, 7) is 0. The molecule has 0 unspecified atom stereocenters. The Balaban J connectivity index is 1.67. The van der Waals surface area contributed by atoms with E-state index in [9.17, 15) is 20.0 Å². The molecular formula is C16H11N3O5. The lowest BCUT2D eigenvalue weighted by atomic mass is 10.0. The van der Waals surface area contributed by atoms with Gasteiger partial charge in [-0.15, -0.1) is 0 Å². The fraction of sp³-hybridized carbons (Fsp3) is 0.0625. The van der Waals surface area contributed by atoms with Crippen molar-refractivity contribution in [2.75, 3.05) is 10.6 Å². The van der Waals surface area contributed by atoms with Crippen LogP contribution < -0.4 is 10.6 Å². The van der Waals surface area contributed by atoms with Gasteiger partial charge in [-0.3, -0.25) is 14.9 Å². The molecule has 0 amide bonds. The number of nitrogens with zero attached hydrogens (tertiary/aromatic N) is 1. The van der Waals surface area contributed by atoms with Crippen molar-refractivity contribution in [1.82, 2.24) is 0 Å². The lowest BCUT2D eigenvalue weighted by Crippen LogP contribution is -2.18. The number of fused-ring (bicyclic) bond motifs is 1. The molecule has 0 saturated heterocycles. The molecule has 2 heterocycles. The molecule has 0 fully saturated rings. The van der Waals surface area contributed by atoms with Crippen molar-refractivity contribution in [2.45, 2.75) is 6.10 Å². The van der Waals surface area contributed by atoms with Crippen LogP contribution in [0.5, 0.6) is 5.75 Å². The number of anilines is 2. The SMILES string of the molecule is O=C1C2=C(Nc3cc([N+](=O)[O-])ccc3N2)O[C@H]1c1ccccc1O. The minimum absolute atomic E-state index is 0.0381. The second-order valence-electron chi connectivity index (χ2n) is 5.36. The number of phenols is 1. The molecule has 0 bridgehead atoms. The molecule has 1 atom stereocenters. The number of carbonyl (C=O) groups is 1. The van der Waals surface area contributed by atoms with Gasteiger partial charge in [-0.05, 0) is 12.1 Å². The summed E-state index contributed by atoms with van der Waals surface area (Å²) in [5.74, 6) is -0.187. The molecule has 120 valence electrons. The molecule has 0 saturated carbocycles. The molecule has 2 aromatic carbocycles. The van der Waals surface area contributed by atoms with E-state index >= 15 is 0 Å². The predicted molar refractivity (Wildman–Crippen MR) is 84.3 cm³/mol. The van der Waals surface area contributed by atoms with E-state index in [2.05, 4.69) is 10.6 Å². The summed E-state index contributed by atoms with van der Waals surface area (Å²) in [4.78, 5) is 22.9. The zero-order valence-electron chi connectivity index (χ0n) is 12.1. The molecule has 2 aliphatic rings. The van der Waals surface area contributed by atoms with Crippen molar-refractivity contribution in [3.05, 3.63) is 69.7 Å².